The van der Waals surface area contributed by atoms with Gasteiger partial charge in [0.15, 0.2) is 0 Å². The average Bonchev–Trinajstić information content (AvgIpc) is 3.16. The summed E-state index contributed by atoms with van der Waals surface area (Å²) in [5.74, 6) is 0. The first-order valence-corrected chi connectivity index (χ1v) is 14.1. The van der Waals surface area contributed by atoms with E-state index in [1.165, 1.54) is 17.2 Å². The first-order chi connectivity index (χ1) is 17.3. The first-order valence-electron chi connectivity index (χ1n) is 12.6. The molecule has 5 aromatic rings. The zero-order chi connectivity index (χ0) is 26.8. The third-order valence-corrected chi connectivity index (χ3v) is 8.80. The quantitative estimate of drug-likeness (QED) is 0.252. The monoisotopic (exact) mass is 510 g/mol. The van der Waals surface area contributed by atoms with E-state index in [0.717, 1.165) is 27.5 Å². The highest BCUT2D eigenvalue weighted by Gasteiger charge is 2.22. The van der Waals surface area contributed by atoms with Crippen molar-refractivity contribution in [1.29, 1.82) is 0 Å². The van der Waals surface area contributed by atoms with Crippen molar-refractivity contribution in [1.82, 2.24) is 4.57 Å². The number of nitrogen functional groups attached to an aromatic ring is 1. The Kier molecular flexibility index (Phi) is 5.76. The topological polar surface area (TPSA) is 65.1 Å². The van der Waals surface area contributed by atoms with E-state index in [1.54, 1.807) is 36.4 Å². The number of fused-ring (bicyclic) bond motifs is 3. The standard InChI is InChI=1S/C32H34N2O2S/c1-31(2,3)21-13-15-29-27(17-21)28-18-22(32(4,5)6)14-16-30(28)34(29)24-10-8-12-26(20-24)37(35,36)25-11-7-9-23(33)19-25/h7-20H,33H2,1-6H3. The molecule has 190 valence electrons. The Morgan fingerprint density at radius 1 is 0.622 bits per heavy atom. The van der Waals surface area contributed by atoms with Crippen molar-refractivity contribution in [3.63, 3.8) is 0 Å². The summed E-state index contributed by atoms with van der Waals surface area (Å²) in [6.45, 7) is 13.3. The second-order valence-electron chi connectivity index (χ2n) is 11.9. The molecule has 0 amide bonds. The van der Waals surface area contributed by atoms with Gasteiger partial charge in [0.25, 0.3) is 0 Å². The van der Waals surface area contributed by atoms with Gasteiger partial charge in [0.2, 0.25) is 9.84 Å². The van der Waals surface area contributed by atoms with Gasteiger partial charge < -0.3 is 10.3 Å². The number of benzene rings is 4. The molecule has 1 heterocycles. The predicted octanol–water partition coefficient (Wildman–Crippen LogP) is 7.79. The number of aromatic nitrogens is 1. The highest BCUT2D eigenvalue weighted by atomic mass is 32.2. The highest BCUT2D eigenvalue weighted by molar-refractivity contribution is 7.91. The summed E-state index contributed by atoms with van der Waals surface area (Å²) in [5.41, 5.74) is 11.7. The van der Waals surface area contributed by atoms with Gasteiger partial charge >= 0.3 is 0 Å². The normalized spacial score (nSPS) is 12.9. The van der Waals surface area contributed by atoms with Crippen molar-refractivity contribution < 1.29 is 8.42 Å². The molecule has 0 aliphatic rings. The van der Waals surface area contributed by atoms with Crippen LogP contribution in [-0.4, -0.2) is 13.0 Å². The zero-order valence-electron chi connectivity index (χ0n) is 22.3. The Balaban J connectivity index is 1.79. The van der Waals surface area contributed by atoms with E-state index in [2.05, 4.69) is 82.5 Å². The van der Waals surface area contributed by atoms with Crippen molar-refractivity contribution in [2.45, 2.75) is 62.2 Å². The van der Waals surface area contributed by atoms with Gasteiger partial charge in [0.1, 0.15) is 0 Å². The van der Waals surface area contributed by atoms with Gasteiger partial charge in [-0.3, -0.25) is 0 Å². The van der Waals surface area contributed by atoms with E-state index in [1.807, 2.05) is 6.07 Å². The SMILES string of the molecule is CC(C)(C)c1ccc2c(c1)c1cc(C(C)(C)C)ccc1n2-c1cccc(S(=O)(=O)c2cccc(N)c2)c1. The van der Waals surface area contributed by atoms with Crippen LogP contribution in [0.15, 0.2) is 94.7 Å². The predicted molar refractivity (Wildman–Crippen MR) is 154 cm³/mol. The van der Waals surface area contributed by atoms with Crippen LogP contribution in [0.4, 0.5) is 5.69 Å². The van der Waals surface area contributed by atoms with Crippen molar-refractivity contribution >= 4 is 37.3 Å². The minimum Gasteiger partial charge on any atom is -0.399 e. The molecule has 0 fully saturated rings. The summed E-state index contributed by atoms with van der Waals surface area (Å²) in [4.78, 5) is 0.430. The van der Waals surface area contributed by atoms with Gasteiger partial charge in [0, 0.05) is 22.1 Å². The number of hydrogen-bond acceptors (Lipinski definition) is 3. The van der Waals surface area contributed by atoms with Crippen LogP contribution in [0, 0.1) is 0 Å². The molecule has 4 nitrogen and oxygen atoms in total. The molecular formula is C32H34N2O2S. The lowest BCUT2D eigenvalue weighted by Crippen LogP contribution is -2.10. The second-order valence-corrected chi connectivity index (χ2v) is 13.8. The number of hydrogen-bond donors (Lipinski definition) is 1. The minimum absolute atomic E-state index is 0.00970. The van der Waals surface area contributed by atoms with Crippen LogP contribution >= 0.6 is 0 Å². The summed E-state index contributed by atoms with van der Waals surface area (Å²) in [6.07, 6.45) is 0. The Hall–Kier alpha value is -3.57. The summed E-state index contributed by atoms with van der Waals surface area (Å²) in [6, 6.07) is 26.9. The third kappa shape index (κ3) is 4.42. The fourth-order valence-corrected chi connectivity index (χ4v) is 6.20. The van der Waals surface area contributed by atoms with Gasteiger partial charge in [-0.2, -0.15) is 0 Å². The largest absolute Gasteiger partial charge is 0.399 e. The lowest BCUT2D eigenvalue weighted by atomic mass is 9.85. The van der Waals surface area contributed by atoms with Crippen LogP contribution in [0.2, 0.25) is 0 Å². The maximum Gasteiger partial charge on any atom is 0.206 e. The maximum atomic E-state index is 13.5. The molecule has 2 N–H and O–H groups in total. The van der Waals surface area contributed by atoms with Gasteiger partial charge in [-0.1, -0.05) is 65.8 Å². The van der Waals surface area contributed by atoms with E-state index < -0.39 is 9.84 Å². The van der Waals surface area contributed by atoms with E-state index >= 15 is 0 Å². The van der Waals surface area contributed by atoms with Crippen molar-refractivity contribution in [2.75, 3.05) is 5.73 Å². The molecule has 0 bridgehead atoms. The minimum atomic E-state index is -3.73. The molecule has 0 radical (unpaired) electrons. The first kappa shape index (κ1) is 25.1. The van der Waals surface area contributed by atoms with Gasteiger partial charge in [-0.15, -0.1) is 0 Å². The lowest BCUT2D eigenvalue weighted by Gasteiger charge is -2.19. The van der Waals surface area contributed by atoms with Gasteiger partial charge in [-0.05, 0) is 82.6 Å². The van der Waals surface area contributed by atoms with Crippen LogP contribution in [-0.2, 0) is 20.7 Å². The van der Waals surface area contributed by atoms with Crippen molar-refractivity contribution in [3.8, 4) is 5.69 Å². The Morgan fingerprint density at radius 2 is 1.11 bits per heavy atom. The summed E-state index contributed by atoms with van der Waals surface area (Å²) in [5, 5.41) is 2.33. The van der Waals surface area contributed by atoms with Crippen LogP contribution in [0.3, 0.4) is 0 Å². The molecule has 0 atom stereocenters. The number of anilines is 1. The van der Waals surface area contributed by atoms with E-state index in [0.29, 0.717) is 5.69 Å². The fourth-order valence-electron chi connectivity index (χ4n) is 4.84. The van der Waals surface area contributed by atoms with E-state index in [-0.39, 0.29) is 20.6 Å². The van der Waals surface area contributed by atoms with Crippen LogP contribution in [0.25, 0.3) is 27.5 Å². The number of nitrogens with two attached hydrogens (primary N) is 1. The Morgan fingerprint density at radius 3 is 1.59 bits per heavy atom. The number of nitrogens with zero attached hydrogens (tertiary/aromatic N) is 1. The molecule has 0 spiro atoms. The van der Waals surface area contributed by atoms with Crippen molar-refractivity contribution in [3.05, 3.63) is 96.1 Å². The number of sulfone groups is 1. The molecular weight excluding hydrogens is 476 g/mol. The summed E-state index contributed by atoms with van der Waals surface area (Å²) >= 11 is 0. The maximum absolute atomic E-state index is 13.5. The molecule has 0 unspecified atom stereocenters. The molecule has 5 rings (SSSR count). The van der Waals surface area contributed by atoms with Crippen LogP contribution < -0.4 is 5.73 Å². The molecule has 0 aliphatic carbocycles. The van der Waals surface area contributed by atoms with Crippen molar-refractivity contribution in [2.24, 2.45) is 0 Å². The zero-order valence-corrected chi connectivity index (χ0v) is 23.1. The number of rotatable bonds is 3. The highest BCUT2D eigenvalue weighted by Crippen LogP contribution is 2.38. The second kappa shape index (κ2) is 8.49. The molecule has 0 aliphatic heterocycles. The molecule has 1 aromatic heterocycles. The smallest absolute Gasteiger partial charge is 0.206 e. The Labute approximate surface area is 219 Å². The molecule has 37 heavy (non-hydrogen) atoms. The fraction of sp³-hybridized carbons (Fsp3) is 0.250. The molecule has 0 saturated heterocycles. The Bertz CT molecular complexity index is 1690. The van der Waals surface area contributed by atoms with Crippen LogP contribution in [0.1, 0.15) is 52.7 Å². The molecule has 4 aromatic carbocycles. The molecule has 5 heteroatoms. The van der Waals surface area contributed by atoms with Crippen LogP contribution in [0.5, 0.6) is 0 Å². The lowest BCUT2D eigenvalue weighted by molar-refractivity contribution is 0.590. The summed E-state index contributed by atoms with van der Waals surface area (Å²) in [7, 11) is -3.73. The van der Waals surface area contributed by atoms with Gasteiger partial charge in [0.05, 0.1) is 20.8 Å². The van der Waals surface area contributed by atoms with E-state index in [9.17, 15) is 8.42 Å². The summed E-state index contributed by atoms with van der Waals surface area (Å²) < 4.78 is 29.1. The van der Waals surface area contributed by atoms with E-state index in [4.69, 9.17) is 5.73 Å². The molecule has 0 saturated carbocycles. The third-order valence-electron chi connectivity index (χ3n) is 7.05. The average molecular weight is 511 g/mol. The van der Waals surface area contributed by atoms with Gasteiger partial charge in [-0.25, -0.2) is 8.42 Å².